The van der Waals surface area contributed by atoms with Gasteiger partial charge in [-0.05, 0) is 53.4 Å². The maximum absolute atomic E-state index is 13.4. The fourth-order valence-electron chi connectivity index (χ4n) is 4.18. The summed E-state index contributed by atoms with van der Waals surface area (Å²) in [4.78, 5) is 25.1. The van der Waals surface area contributed by atoms with Gasteiger partial charge in [-0.25, -0.2) is 4.79 Å². The largest absolute Gasteiger partial charge is 0.457 e. The topological polar surface area (TPSA) is 75.6 Å². The zero-order valence-corrected chi connectivity index (χ0v) is 20.1. The first kappa shape index (κ1) is 26.0. The van der Waals surface area contributed by atoms with Crippen molar-refractivity contribution >= 4 is 17.6 Å². The lowest BCUT2D eigenvalue weighted by Crippen LogP contribution is -2.46. The van der Waals surface area contributed by atoms with Gasteiger partial charge in [0.15, 0.2) is 0 Å². The molecule has 3 aromatic rings. The van der Waals surface area contributed by atoms with Crippen molar-refractivity contribution in [3.8, 4) is 11.8 Å². The average Bonchev–Trinajstić information content (AvgIpc) is 3.22. The summed E-state index contributed by atoms with van der Waals surface area (Å²) in [5, 5.41) is 14.2. The van der Waals surface area contributed by atoms with Crippen LogP contribution in [0.5, 0.6) is 0 Å². The van der Waals surface area contributed by atoms with Crippen LogP contribution in [0.2, 0.25) is 0 Å². The number of cyclic esters (lactones) is 1. The van der Waals surface area contributed by atoms with E-state index in [1.807, 2.05) is 44.2 Å². The van der Waals surface area contributed by atoms with E-state index in [2.05, 4.69) is 17.2 Å². The molecule has 0 aliphatic carbocycles. The zero-order valence-electron chi connectivity index (χ0n) is 20.1. The molecule has 0 fully saturated rings. The number of halogens is 3. The molecule has 1 aliphatic rings. The van der Waals surface area contributed by atoms with Crippen LogP contribution in [0, 0.1) is 11.8 Å². The van der Waals surface area contributed by atoms with E-state index in [-0.39, 0.29) is 18.6 Å². The highest BCUT2D eigenvalue weighted by molar-refractivity contribution is 6.01. The van der Waals surface area contributed by atoms with Crippen molar-refractivity contribution < 1.29 is 32.6 Å². The Morgan fingerprint density at radius 1 is 1.00 bits per heavy atom. The molecule has 190 valence electrons. The van der Waals surface area contributed by atoms with Gasteiger partial charge in [0.05, 0.1) is 11.1 Å². The fraction of sp³-hybridized carbons (Fsp3) is 0.241. The first-order valence-corrected chi connectivity index (χ1v) is 11.5. The van der Waals surface area contributed by atoms with Gasteiger partial charge in [0.1, 0.15) is 6.61 Å². The molecule has 3 aromatic carbocycles. The van der Waals surface area contributed by atoms with Crippen LogP contribution in [0.25, 0.3) is 0 Å². The molecule has 0 spiro atoms. The summed E-state index contributed by atoms with van der Waals surface area (Å²) in [6, 6.07) is 18.1. The van der Waals surface area contributed by atoms with Crippen molar-refractivity contribution in [3.63, 3.8) is 0 Å². The third kappa shape index (κ3) is 5.84. The molecule has 1 amide bonds. The number of ether oxygens (including phenoxy) is 1. The monoisotopic (exact) mass is 507 g/mol. The molecule has 1 unspecified atom stereocenters. The molecular weight excluding hydrogens is 483 g/mol. The molecule has 1 atom stereocenters. The van der Waals surface area contributed by atoms with Gasteiger partial charge in [-0.2, -0.15) is 13.2 Å². The summed E-state index contributed by atoms with van der Waals surface area (Å²) < 4.78 is 43.7. The molecule has 0 saturated heterocycles. The highest BCUT2D eigenvalue weighted by Crippen LogP contribution is 2.34. The van der Waals surface area contributed by atoms with Gasteiger partial charge >= 0.3 is 12.1 Å². The van der Waals surface area contributed by atoms with Crippen LogP contribution < -0.4 is 5.32 Å². The van der Waals surface area contributed by atoms with Gasteiger partial charge in [-0.3, -0.25) is 4.79 Å². The van der Waals surface area contributed by atoms with Crippen LogP contribution in [-0.2, 0) is 27.7 Å². The highest BCUT2D eigenvalue weighted by atomic mass is 19.4. The SMILES string of the molecule is CC(C)(CC(O)(C#Cc1ccc(C(F)(F)F)cc1)C(=O)Nc1ccc2c(c1)COC2=O)c1ccccc1. The molecule has 4 rings (SSSR count). The van der Waals surface area contributed by atoms with Crippen molar-refractivity contribution in [1.29, 1.82) is 0 Å². The lowest BCUT2D eigenvalue weighted by atomic mass is 9.75. The number of nitrogens with one attached hydrogen (secondary N) is 1. The Balaban J connectivity index is 1.66. The standard InChI is InChI=1S/C29H24F3NO4/c1-27(2,21-6-4-3-5-7-21)18-28(36,15-14-19-8-10-22(11-9-19)29(30,31)32)26(35)33-23-12-13-24-20(16-23)17-37-25(24)34/h3-13,16,36H,17-18H2,1-2H3,(H,33,35). The number of amides is 1. The molecule has 0 aromatic heterocycles. The number of benzene rings is 3. The minimum Gasteiger partial charge on any atom is -0.457 e. The number of fused-ring (bicyclic) bond motifs is 1. The Labute approximate surface area is 212 Å². The third-order valence-corrected chi connectivity index (χ3v) is 6.20. The van der Waals surface area contributed by atoms with Gasteiger partial charge in [-0.1, -0.05) is 56.0 Å². The second-order valence-electron chi connectivity index (χ2n) is 9.51. The van der Waals surface area contributed by atoms with Gasteiger partial charge in [0.25, 0.3) is 5.91 Å². The molecule has 37 heavy (non-hydrogen) atoms. The van der Waals surface area contributed by atoms with Crippen LogP contribution in [0.1, 0.15) is 52.9 Å². The first-order chi connectivity index (χ1) is 17.4. The molecule has 1 aliphatic heterocycles. The Morgan fingerprint density at radius 3 is 2.32 bits per heavy atom. The van der Waals surface area contributed by atoms with Gasteiger partial charge in [-0.15, -0.1) is 0 Å². The van der Waals surface area contributed by atoms with Gasteiger partial charge < -0.3 is 15.2 Å². The summed E-state index contributed by atoms with van der Waals surface area (Å²) >= 11 is 0. The Bertz CT molecular complexity index is 1390. The van der Waals surface area contributed by atoms with E-state index in [4.69, 9.17) is 4.74 Å². The van der Waals surface area contributed by atoms with E-state index in [0.717, 1.165) is 17.7 Å². The molecule has 0 radical (unpaired) electrons. The Kier molecular flexibility index (Phi) is 6.85. The molecule has 0 saturated carbocycles. The van der Waals surface area contributed by atoms with Crippen LogP contribution in [0.15, 0.2) is 72.8 Å². The van der Waals surface area contributed by atoms with Crippen molar-refractivity contribution in [1.82, 2.24) is 0 Å². The summed E-state index contributed by atoms with van der Waals surface area (Å²) in [6.07, 6.45) is -4.59. The predicted molar refractivity (Wildman–Crippen MR) is 132 cm³/mol. The normalized spacial score (nSPS) is 14.6. The number of aliphatic hydroxyl groups is 1. The molecule has 2 N–H and O–H groups in total. The van der Waals surface area contributed by atoms with Crippen molar-refractivity contribution in [2.75, 3.05) is 5.32 Å². The molecule has 0 bridgehead atoms. The number of alkyl halides is 3. The quantitative estimate of drug-likeness (QED) is 0.355. The van der Waals surface area contributed by atoms with Crippen molar-refractivity contribution in [2.45, 2.75) is 44.1 Å². The molecule has 5 nitrogen and oxygen atoms in total. The average molecular weight is 508 g/mol. The van der Waals surface area contributed by atoms with Gasteiger partial charge in [0.2, 0.25) is 5.60 Å². The van der Waals surface area contributed by atoms with E-state index < -0.39 is 34.6 Å². The van der Waals surface area contributed by atoms with Crippen molar-refractivity contribution in [2.24, 2.45) is 0 Å². The number of rotatable bonds is 5. The number of anilines is 1. The maximum atomic E-state index is 13.4. The molecule has 8 heteroatoms. The third-order valence-electron chi connectivity index (χ3n) is 6.20. The number of carbonyl (C=O) groups is 2. The first-order valence-electron chi connectivity index (χ1n) is 11.5. The van der Waals surface area contributed by atoms with E-state index in [0.29, 0.717) is 16.8 Å². The fourth-order valence-corrected chi connectivity index (χ4v) is 4.18. The summed E-state index contributed by atoms with van der Waals surface area (Å²) in [5.41, 5.74) is -1.29. The zero-order chi connectivity index (χ0) is 26.8. The molecular formula is C29H24F3NO4. The summed E-state index contributed by atoms with van der Waals surface area (Å²) in [5.74, 6) is 4.02. The number of hydrogen-bond acceptors (Lipinski definition) is 4. The second kappa shape index (κ2) is 9.75. The smallest absolute Gasteiger partial charge is 0.416 e. The maximum Gasteiger partial charge on any atom is 0.416 e. The second-order valence-corrected chi connectivity index (χ2v) is 9.51. The molecule has 1 heterocycles. The van der Waals surface area contributed by atoms with Crippen LogP contribution in [0.4, 0.5) is 18.9 Å². The van der Waals surface area contributed by atoms with E-state index in [1.165, 1.54) is 24.3 Å². The van der Waals surface area contributed by atoms with Crippen LogP contribution >= 0.6 is 0 Å². The highest BCUT2D eigenvalue weighted by Gasteiger charge is 2.41. The predicted octanol–water partition coefficient (Wildman–Crippen LogP) is 5.47. The van der Waals surface area contributed by atoms with Crippen LogP contribution in [0.3, 0.4) is 0 Å². The Hall–Kier alpha value is -4.09. The van der Waals surface area contributed by atoms with Crippen LogP contribution in [-0.4, -0.2) is 22.6 Å². The lowest BCUT2D eigenvalue weighted by molar-refractivity contribution is -0.137. The number of carbonyl (C=O) groups excluding carboxylic acids is 2. The van der Waals surface area contributed by atoms with Crippen molar-refractivity contribution in [3.05, 3.63) is 101 Å². The van der Waals surface area contributed by atoms with E-state index in [9.17, 15) is 27.9 Å². The van der Waals surface area contributed by atoms with E-state index in [1.54, 1.807) is 6.07 Å². The summed E-state index contributed by atoms with van der Waals surface area (Å²) in [6.45, 7) is 3.80. The lowest BCUT2D eigenvalue weighted by Gasteiger charge is -2.32. The van der Waals surface area contributed by atoms with Gasteiger partial charge in [0, 0.05) is 23.2 Å². The minimum atomic E-state index is -4.49. The minimum absolute atomic E-state index is 0.0803. The summed E-state index contributed by atoms with van der Waals surface area (Å²) in [7, 11) is 0. The van der Waals surface area contributed by atoms with E-state index >= 15 is 0 Å². The number of hydrogen-bond donors (Lipinski definition) is 2. The Morgan fingerprint density at radius 2 is 1.68 bits per heavy atom. The number of esters is 1.